The zero-order valence-electron chi connectivity index (χ0n) is 17.6. The summed E-state index contributed by atoms with van der Waals surface area (Å²) in [7, 11) is 0. The van der Waals surface area contributed by atoms with E-state index in [-0.39, 0.29) is 5.91 Å². The van der Waals surface area contributed by atoms with Gasteiger partial charge in [0.05, 0.1) is 11.5 Å². The second-order valence-corrected chi connectivity index (χ2v) is 8.72. The molecule has 1 aliphatic heterocycles. The van der Waals surface area contributed by atoms with Gasteiger partial charge in [-0.05, 0) is 54.5 Å². The molecule has 1 saturated heterocycles. The number of benzene rings is 2. The van der Waals surface area contributed by atoms with Crippen molar-refractivity contribution >= 4 is 40.3 Å². The summed E-state index contributed by atoms with van der Waals surface area (Å²) in [5.74, 6) is 2.19. The van der Waals surface area contributed by atoms with Crippen molar-refractivity contribution in [1.82, 2.24) is 5.32 Å². The zero-order valence-corrected chi connectivity index (χ0v) is 19.2. The number of hydrogen-bond acceptors (Lipinski definition) is 6. The Balaban J connectivity index is 1.39. The Morgan fingerprint density at radius 3 is 2.23 bits per heavy atom. The van der Waals surface area contributed by atoms with Crippen LogP contribution in [0.15, 0.2) is 53.4 Å². The summed E-state index contributed by atoms with van der Waals surface area (Å²) in [6, 6.07) is 15.2. The van der Waals surface area contributed by atoms with Gasteiger partial charge >= 0.3 is 0 Å². The van der Waals surface area contributed by atoms with Crippen molar-refractivity contribution in [2.45, 2.75) is 32.6 Å². The summed E-state index contributed by atoms with van der Waals surface area (Å²) < 4.78 is 17.7. The molecule has 0 aliphatic carbocycles. The molecule has 0 spiro atoms. The largest absolute Gasteiger partial charge is 0.494 e. The summed E-state index contributed by atoms with van der Waals surface area (Å²) in [6.45, 7) is 3.79. The lowest BCUT2D eigenvalue weighted by atomic mass is 10.2. The third-order valence-electron chi connectivity index (χ3n) is 4.51. The zero-order chi connectivity index (χ0) is 21.9. The minimum absolute atomic E-state index is 0.164. The van der Waals surface area contributed by atoms with Crippen LogP contribution in [0.5, 0.6) is 17.2 Å². The molecule has 2 aromatic carbocycles. The highest BCUT2D eigenvalue weighted by atomic mass is 32.2. The van der Waals surface area contributed by atoms with Crippen molar-refractivity contribution < 1.29 is 19.0 Å². The van der Waals surface area contributed by atoms with Crippen LogP contribution in [0.3, 0.4) is 0 Å². The van der Waals surface area contributed by atoms with Crippen molar-refractivity contribution in [3.63, 3.8) is 0 Å². The van der Waals surface area contributed by atoms with Gasteiger partial charge < -0.3 is 19.5 Å². The van der Waals surface area contributed by atoms with E-state index in [2.05, 4.69) is 12.2 Å². The fourth-order valence-electron chi connectivity index (χ4n) is 2.94. The maximum Gasteiger partial charge on any atom is 0.263 e. The molecule has 31 heavy (non-hydrogen) atoms. The summed E-state index contributed by atoms with van der Waals surface area (Å²) in [6.07, 6.45) is 6.58. The molecule has 1 fully saturated rings. The minimum atomic E-state index is -0.164. The predicted molar refractivity (Wildman–Crippen MR) is 130 cm³/mol. The summed E-state index contributed by atoms with van der Waals surface area (Å²) in [5, 5.41) is 2.61. The second kappa shape index (κ2) is 12.4. The van der Waals surface area contributed by atoms with Crippen LogP contribution in [-0.4, -0.2) is 30.0 Å². The quantitative estimate of drug-likeness (QED) is 0.255. The first-order chi connectivity index (χ1) is 15.1. The van der Waals surface area contributed by atoms with E-state index in [9.17, 15) is 4.79 Å². The van der Waals surface area contributed by atoms with Crippen LogP contribution in [0.1, 0.15) is 38.2 Å². The fraction of sp³-hybridized carbons (Fsp3) is 0.333. The smallest absolute Gasteiger partial charge is 0.263 e. The standard InChI is InChI=1S/C24H27NO4S2/c1-2-3-4-5-13-27-19-9-11-20(12-10-19)28-14-15-29-21-8-6-7-18(16-21)17-22-23(26)25-24(30)31-22/h6-12,16-17H,2-5,13-15H2,1H3,(H,25,26,30)/b22-17+. The molecule has 1 amide bonds. The molecule has 1 aliphatic rings. The Kier molecular flexibility index (Phi) is 9.24. The highest BCUT2D eigenvalue weighted by molar-refractivity contribution is 8.26. The number of rotatable bonds is 12. The Labute approximate surface area is 193 Å². The van der Waals surface area contributed by atoms with Gasteiger partial charge in [0.15, 0.2) is 0 Å². The number of unbranched alkanes of at least 4 members (excludes halogenated alkanes) is 3. The van der Waals surface area contributed by atoms with Gasteiger partial charge in [-0.15, -0.1) is 0 Å². The Morgan fingerprint density at radius 2 is 1.58 bits per heavy atom. The van der Waals surface area contributed by atoms with Crippen LogP contribution in [-0.2, 0) is 4.79 Å². The molecule has 0 radical (unpaired) electrons. The van der Waals surface area contributed by atoms with Gasteiger partial charge in [0.1, 0.15) is 34.8 Å². The lowest BCUT2D eigenvalue weighted by Gasteiger charge is -2.10. The van der Waals surface area contributed by atoms with Gasteiger partial charge in [-0.2, -0.15) is 0 Å². The van der Waals surface area contributed by atoms with Crippen molar-refractivity contribution in [2.24, 2.45) is 0 Å². The molecule has 164 valence electrons. The van der Waals surface area contributed by atoms with E-state index in [1.54, 1.807) is 6.08 Å². The van der Waals surface area contributed by atoms with Crippen LogP contribution >= 0.6 is 24.0 Å². The van der Waals surface area contributed by atoms with Crippen molar-refractivity contribution in [3.05, 3.63) is 59.0 Å². The number of ether oxygens (including phenoxy) is 3. The van der Waals surface area contributed by atoms with Crippen LogP contribution < -0.4 is 19.5 Å². The van der Waals surface area contributed by atoms with Gasteiger partial charge in [0.2, 0.25) is 0 Å². The lowest BCUT2D eigenvalue weighted by Crippen LogP contribution is -2.17. The van der Waals surface area contributed by atoms with Crippen LogP contribution in [0, 0.1) is 0 Å². The summed E-state index contributed by atoms with van der Waals surface area (Å²) >= 11 is 6.27. The molecule has 0 aromatic heterocycles. The molecular weight excluding hydrogens is 430 g/mol. The van der Waals surface area contributed by atoms with Crippen LogP contribution in [0.4, 0.5) is 0 Å². The van der Waals surface area contributed by atoms with E-state index in [0.717, 1.165) is 35.8 Å². The summed E-state index contributed by atoms with van der Waals surface area (Å²) in [5.41, 5.74) is 0.881. The van der Waals surface area contributed by atoms with Gasteiger partial charge in [-0.1, -0.05) is 62.3 Å². The first kappa shape index (κ1) is 23.2. The first-order valence-corrected chi connectivity index (χ1v) is 11.7. The molecular formula is C24H27NO4S2. The number of carbonyl (C=O) groups excluding carboxylic acids is 1. The minimum Gasteiger partial charge on any atom is -0.494 e. The van der Waals surface area contributed by atoms with Crippen molar-refractivity contribution in [1.29, 1.82) is 0 Å². The molecule has 0 atom stereocenters. The van der Waals surface area contributed by atoms with E-state index < -0.39 is 0 Å². The maximum atomic E-state index is 11.8. The Morgan fingerprint density at radius 1 is 0.903 bits per heavy atom. The van der Waals surface area contributed by atoms with E-state index in [1.807, 2.05) is 48.5 Å². The number of amides is 1. The van der Waals surface area contributed by atoms with E-state index in [0.29, 0.717) is 22.4 Å². The van der Waals surface area contributed by atoms with Gasteiger partial charge in [0, 0.05) is 0 Å². The van der Waals surface area contributed by atoms with Gasteiger partial charge in [-0.25, -0.2) is 0 Å². The fourth-order valence-corrected chi connectivity index (χ4v) is 3.98. The van der Waals surface area contributed by atoms with E-state index in [1.165, 1.54) is 31.0 Å². The molecule has 1 N–H and O–H groups in total. The topological polar surface area (TPSA) is 56.8 Å². The molecule has 0 bridgehead atoms. The molecule has 0 saturated carbocycles. The van der Waals surface area contributed by atoms with Crippen molar-refractivity contribution in [2.75, 3.05) is 19.8 Å². The molecule has 5 nitrogen and oxygen atoms in total. The number of hydrogen-bond donors (Lipinski definition) is 1. The van der Waals surface area contributed by atoms with Gasteiger partial charge in [0.25, 0.3) is 5.91 Å². The maximum absolute atomic E-state index is 11.8. The monoisotopic (exact) mass is 457 g/mol. The third-order valence-corrected chi connectivity index (χ3v) is 5.67. The normalized spacial score (nSPS) is 14.5. The first-order valence-electron chi connectivity index (χ1n) is 10.5. The summed E-state index contributed by atoms with van der Waals surface area (Å²) in [4.78, 5) is 12.4. The average molecular weight is 458 g/mol. The number of nitrogens with one attached hydrogen (secondary N) is 1. The molecule has 7 heteroatoms. The van der Waals surface area contributed by atoms with Crippen LogP contribution in [0.2, 0.25) is 0 Å². The highest BCUT2D eigenvalue weighted by Gasteiger charge is 2.21. The lowest BCUT2D eigenvalue weighted by molar-refractivity contribution is -0.115. The molecule has 2 aromatic rings. The van der Waals surface area contributed by atoms with Gasteiger partial charge in [-0.3, -0.25) is 4.79 Å². The average Bonchev–Trinajstić information content (AvgIpc) is 3.09. The molecule has 0 unspecified atom stereocenters. The second-order valence-electron chi connectivity index (χ2n) is 7.00. The third kappa shape index (κ3) is 7.92. The van der Waals surface area contributed by atoms with Crippen LogP contribution in [0.25, 0.3) is 6.08 Å². The highest BCUT2D eigenvalue weighted by Crippen LogP contribution is 2.27. The van der Waals surface area contributed by atoms with Crippen molar-refractivity contribution in [3.8, 4) is 17.2 Å². The molecule has 1 heterocycles. The number of thiocarbonyl (C=S) groups is 1. The van der Waals surface area contributed by atoms with E-state index in [4.69, 9.17) is 26.4 Å². The molecule has 3 rings (SSSR count). The SMILES string of the molecule is CCCCCCOc1ccc(OCCOc2cccc(/C=C3/SC(=S)NC3=O)c2)cc1. The predicted octanol–water partition coefficient (Wildman–Crippen LogP) is 5.59. The van der Waals surface area contributed by atoms with E-state index >= 15 is 0 Å². The number of thioether (sulfide) groups is 1. The number of carbonyl (C=O) groups is 1. The Hall–Kier alpha value is -2.51. The Bertz CT molecular complexity index is 912.